The highest BCUT2D eigenvalue weighted by Crippen LogP contribution is 2.39. The predicted molar refractivity (Wildman–Crippen MR) is 110 cm³/mol. The van der Waals surface area contributed by atoms with Crippen LogP contribution in [-0.2, 0) is 17.6 Å². The van der Waals surface area contributed by atoms with E-state index in [2.05, 4.69) is 28.6 Å². The highest BCUT2D eigenvalue weighted by atomic mass is 16.5. The maximum absolute atomic E-state index is 12.5. The topological polar surface area (TPSA) is 63.4 Å². The van der Waals surface area contributed by atoms with Gasteiger partial charge in [-0.25, -0.2) is 0 Å². The Kier molecular flexibility index (Phi) is 5.24. The number of rotatable bonds is 7. The third-order valence-electron chi connectivity index (χ3n) is 5.58. The average Bonchev–Trinajstić information content (AvgIpc) is 3.31. The predicted octanol–water partition coefficient (Wildman–Crippen LogP) is 4.31. The summed E-state index contributed by atoms with van der Waals surface area (Å²) in [6.45, 7) is 0. The van der Waals surface area contributed by atoms with Crippen molar-refractivity contribution < 1.29 is 14.3 Å². The molecule has 3 aromatic rings. The summed E-state index contributed by atoms with van der Waals surface area (Å²) in [5.74, 6) is 1.56. The highest BCUT2D eigenvalue weighted by Gasteiger charge is 2.26. The van der Waals surface area contributed by atoms with Crippen LogP contribution < -0.4 is 14.8 Å². The lowest BCUT2D eigenvalue weighted by atomic mass is 10.1. The van der Waals surface area contributed by atoms with Crippen LogP contribution in [0, 0.1) is 0 Å². The zero-order valence-electron chi connectivity index (χ0n) is 16.4. The number of carbonyl (C=O) groups excluding carboxylic acids is 1. The minimum absolute atomic E-state index is 0.0513. The van der Waals surface area contributed by atoms with Gasteiger partial charge >= 0.3 is 0 Å². The number of amides is 1. The van der Waals surface area contributed by atoms with Crippen molar-refractivity contribution in [2.24, 2.45) is 0 Å². The van der Waals surface area contributed by atoms with Crippen molar-refractivity contribution in [1.29, 1.82) is 0 Å². The summed E-state index contributed by atoms with van der Waals surface area (Å²) in [6, 6.07) is 12.4. The van der Waals surface area contributed by atoms with E-state index in [-0.39, 0.29) is 11.9 Å². The number of aromatic amines is 1. The first-order chi connectivity index (χ1) is 13.7. The molecule has 1 atom stereocenters. The standard InChI is InChI=1S/C23H26N2O3/c1-27-21-12-15-10-11-20(18(15)13-22(21)28-2)25-23(26)9-5-6-16-14-24-19-8-4-3-7-17(16)19/h3-4,7-8,12-14,20,24H,5-6,9-11H2,1-2H3,(H,25,26)/t20-/m0/s1. The zero-order chi connectivity index (χ0) is 19.5. The van der Waals surface area contributed by atoms with Gasteiger partial charge in [-0.3, -0.25) is 4.79 Å². The summed E-state index contributed by atoms with van der Waals surface area (Å²) in [5.41, 5.74) is 4.78. The van der Waals surface area contributed by atoms with E-state index in [1.807, 2.05) is 24.3 Å². The van der Waals surface area contributed by atoms with Crippen molar-refractivity contribution in [2.45, 2.75) is 38.1 Å². The van der Waals surface area contributed by atoms with E-state index in [0.717, 1.165) is 42.5 Å². The highest BCUT2D eigenvalue weighted by molar-refractivity contribution is 5.83. The van der Waals surface area contributed by atoms with Gasteiger partial charge in [-0.05, 0) is 60.6 Å². The van der Waals surface area contributed by atoms with Gasteiger partial charge in [0.2, 0.25) is 5.91 Å². The molecule has 28 heavy (non-hydrogen) atoms. The minimum Gasteiger partial charge on any atom is -0.493 e. The summed E-state index contributed by atoms with van der Waals surface area (Å²) in [4.78, 5) is 15.8. The van der Waals surface area contributed by atoms with Gasteiger partial charge in [0, 0.05) is 23.5 Å². The molecule has 1 aromatic heterocycles. The van der Waals surface area contributed by atoms with Gasteiger partial charge in [0.15, 0.2) is 11.5 Å². The third-order valence-corrected chi connectivity index (χ3v) is 5.58. The first-order valence-electron chi connectivity index (χ1n) is 9.78. The first-order valence-corrected chi connectivity index (χ1v) is 9.78. The fourth-order valence-electron chi connectivity index (χ4n) is 4.13. The van der Waals surface area contributed by atoms with Crippen LogP contribution in [0.2, 0.25) is 0 Å². The lowest BCUT2D eigenvalue weighted by Crippen LogP contribution is -2.26. The van der Waals surface area contributed by atoms with Gasteiger partial charge in [0.1, 0.15) is 0 Å². The van der Waals surface area contributed by atoms with Crippen molar-refractivity contribution >= 4 is 16.8 Å². The second-order valence-electron chi connectivity index (χ2n) is 7.28. The molecule has 1 aliphatic carbocycles. The number of nitrogens with one attached hydrogen (secondary N) is 2. The largest absolute Gasteiger partial charge is 0.493 e. The van der Waals surface area contributed by atoms with E-state index in [1.54, 1.807) is 14.2 Å². The maximum atomic E-state index is 12.5. The normalized spacial score (nSPS) is 15.4. The van der Waals surface area contributed by atoms with Crippen molar-refractivity contribution in [2.75, 3.05) is 14.2 Å². The van der Waals surface area contributed by atoms with Crippen molar-refractivity contribution in [3.8, 4) is 11.5 Å². The van der Waals surface area contributed by atoms with Crippen LogP contribution in [0.15, 0.2) is 42.6 Å². The molecule has 2 N–H and O–H groups in total. The summed E-state index contributed by atoms with van der Waals surface area (Å²) in [7, 11) is 3.28. The third kappa shape index (κ3) is 3.57. The van der Waals surface area contributed by atoms with E-state index in [0.29, 0.717) is 12.2 Å². The van der Waals surface area contributed by atoms with Gasteiger partial charge in [0.05, 0.1) is 20.3 Å². The fourth-order valence-corrected chi connectivity index (χ4v) is 4.13. The Labute approximate surface area is 165 Å². The number of benzene rings is 2. The number of hydrogen-bond donors (Lipinski definition) is 2. The molecule has 1 amide bonds. The Bertz CT molecular complexity index is 993. The zero-order valence-corrected chi connectivity index (χ0v) is 16.4. The van der Waals surface area contributed by atoms with E-state index in [4.69, 9.17) is 9.47 Å². The number of para-hydroxylation sites is 1. The average molecular weight is 378 g/mol. The van der Waals surface area contributed by atoms with Crippen LogP contribution in [0.3, 0.4) is 0 Å². The van der Waals surface area contributed by atoms with Crippen molar-refractivity contribution in [1.82, 2.24) is 10.3 Å². The second-order valence-corrected chi connectivity index (χ2v) is 7.28. The lowest BCUT2D eigenvalue weighted by Gasteiger charge is -2.16. The van der Waals surface area contributed by atoms with Gasteiger partial charge in [0.25, 0.3) is 0 Å². The van der Waals surface area contributed by atoms with E-state index in [1.165, 1.54) is 16.5 Å². The van der Waals surface area contributed by atoms with Crippen LogP contribution >= 0.6 is 0 Å². The number of fused-ring (bicyclic) bond motifs is 2. The van der Waals surface area contributed by atoms with Crippen LogP contribution in [-0.4, -0.2) is 25.1 Å². The van der Waals surface area contributed by atoms with Crippen LogP contribution in [0.25, 0.3) is 10.9 Å². The van der Waals surface area contributed by atoms with E-state index < -0.39 is 0 Å². The molecule has 0 saturated heterocycles. The molecule has 0 saturated carbocycles. The van der Waals surface area contributed by atoms with Crippen LogP contribution in [0.1, 0.15) is 42.0 Å². The second kappa shape index (κ2) is 7.97. The van der Waals surface area contributed by atoms with Gasteiger partial charge in [-0.1, -0.05) is 18.2 Å². The number of aromatic nitrogens is 1. The molecule has 0 fully saturated rings. The fraction of sp³-hybridized carbons (Fsp3) is 0.348. The molecule has 0 bridgehead atoms. The molecule has 0 unspecified atom stereocenters. The van der Waals surface area contributed by atoms with Crippen molar-refractivity contribution in [3.05, 3.63) is 59.3 Å². The molecule has 5 nitrogen and oxygen atoms in total. The summed E-state index contributed by atoms with van der Waals surface area (Å²) in [5, 5.41) is 4.44. The number of hydrogen-bond acceptors (Lipinski definition) is 3. The molecule has 5 heteroatoms. The summed E-state index contributed by atoms with van der Waals surface area (Å²) in [6.07, 6.45) is 6.16. The SMILES string of the molecule is COc1cc2c(cc1OC)[C@@H](NC(=O)CCCc1c[nH]c3ccccc13)CC2. The maximum Gasteiger partial charge on any atom is 0.220 e. The van der Waals surface area contributed by atoms with Gasteiger partial charge in [-0.2, -0.15) is 0 Å². The van der Waals surface area contributed by atoms with Crippen LogP contribution in [0.4, 0.5) is 0 Å². The molecular formula is C23H26N2O3. The Hall–Kier alpha value is -2.95. The van der Waals surface area contributed by atoms with E-state index >= 15 is 0 Å². The molecule has 4 rings (SSSR count). The lowest BCUT2D eigenvalue weighted by molar-refractivity contribution is -0.121. The Morgan fingerprint density at radius 1 is 1.18 bits per heavy atom. The molecule has 1 heterocycles. The number of methoxy groups -OCH3 is 2. The van der Waals surface area contributed by atoms with Crippen molar-refractivity contribution in [3.63, 3.8) is 0 Å². The van der Waals surface area contributed by atoms with Gasteiger partial charge in [-0.15, -0.1) is 0 Å². The smallest absolute Gasteiger partial charge is 0.220 e. The minimum atomic E-state index is 0.0513. The summed E-state index contributed by atoms with van der Waals surface area (Å²) < 4.78 is 10.8. The Balaban J connectivity index is 1.35. The molecule has 146 valence electrons. The molecule has 0 spiro atoms. The number of H-pyrrole nitrogens is 1. The van der Waals surface area contributed by atoms with E-state index in [9.17, 15) is 4.79 Å². The number of aryl methyl sites for hydroxylation is 2. The Morgan fingerprint density at radius 2 is 1.96 bits per heavy atom. The molecule has 0 radical (unpaired) electrons. The molecular weight excluding hydrogens is 352 g/mol. The van der Waals surface area contributed by atoms with Crippen LogP contribution in [0.5, 0.6) is 11.5 Å². The number of carbonyl (C=O) groups is 1. The monoisotopic (exact) mass is 378 g/mol. The molecule has 2 aromatic carbocycles. The molecule has 0 aliphatic heterocycles. The number of ether oxygens (including phenoxy) is 2. The molecule has 1 aliphatic rings. The van der Waals surface area contributed by atoms with Gasteiger partial charge < -0.3 is 19.8 Å². The Morgan fingerprint density at radius 3 is 2.79 bits per heavy atom. The summed E-state index contributed by atoms with van der Waals surface area (Å²) >= 11 is 0. The quantitative estimate of drug-likeness (QED) is 0.644. The first kappa shape index (κ1) is 18.4.